The predicted octanol–water partition coefficient (Wildman–Crippen LogP) is 3.56. The van der Waals surface area contributed by atoms with E-state index in [1.54, 1.807) is 23.5 Å². The van der Waals surface area contributed by atoms with Crippen molar-refractivity contribution in [2.75, 3.05) is 7.05 Å². The molecule has 0 bridgehead atoms. The summed E-state index contributed by atoms with van der Waals surface area (Å²) in [6, 6.07) is 5.38. The molecule has 2 aromatic rings. The summed E-state index contributed by atoms with van der Waals surface area (Å²) in [5.41, 5.74) is 1.38. The molecule has 0 unspecified atom stereocenters. The zero-order chi connectivity index (χ0) is 18.0. The molecule has 1 heterocycles. The van der Waals surface area contributed by atoms with Crippen molar-refractivity contribution < 1.29 is 12.9 Å². The van der Waals surface area contributed by atoms with Gasteiger partial charge in [-0.1, -0.05) is 43.5 Å². The van der Waals surface area contributed by atoms with Crippen molar-refractivity contribution in [1.82, 2.24) is 14.4 Å². The molecular formula is C18H25N3O3S. The van der Waals surface area contributed by atoms with Crippen molar-refractivity contribution in [3.8, 4) is 11.4 Å². The molecule has 1 fully saturated rings. The molecule has 1 aromatic carbocycles. The van der Waals surface area contributed by atoms with E-state index in [2.05, 4.69) is 10.1 Å². The van der Waals surface area contributed by atoms with Gasteiger partial charge in [0.05, 0.1) is 4.90 Å². The fraction of sp³-hybridized carbons (Fsp3) is 0.556. The Balaban J connectivity index is 1.96. The number of benzene rings is 1. The summed E-state index contributed by atoms with van der Waals surface area (Å²) in [5.74, 6) is 0.966. The van der Waals surface area contributed by atoms with Crippen molar-refractivity contribution in [2.24, 2.45) is 0 Å². The summed E-state index contributed by atoms with van der Waals surface area (Å²) in [6.45, 7) is 3.75. The molecular weight excluding hydrogens is 338 g/mol. The molecule has 1 aromatic heterocycles. The van der Waals surface area contributed by atoms with Crippen LogP contribution >= 0.6 is 0 Å². The zero-order valence-electron chi connectivity index (χ0n) is 15.0. The number of hydrogen-bond donors (Lipinski definition) is 0. The van der Waals surface area contributed by atoms with Gasteiger partial charge in [-0.3, -0.25) is 0 Å². The maximum atomic E-state index is 13.2. The summed E-state index contributed by atoms with van der Waals surface area (Å²) in [7, 11) is -1.86. The highest BCUT2D eigenvalue weighted by Crippen LogP contribution is 2.30. The number of aryl methyl sites for hydroxylation is 2. The third-order valence-corrected chi connectivity index (χ3v) is 7.01. The highest BCUT2D eigenvalue weighted by atomic mass is 32.2. The van der Waals surface area contributed by atoms with Crippen LogP contribution in [0.5, 0.6) is 0 Å². The lowest BCUT2D eigenvalue weighted by Crippen LogP contribution is -2.38. The van der Waals surface area contributed by atoms with E-state index in [0.29, 0.717) is 28.6 Å². The molecule has 0 spiro atoms. The minimum absolute atomic E-state index is 0.0821. The number of nitrogens with zero attached hydrogens (tertiary/aromatic N) is 3. The van der Waals surface area contributed by atoms with Gasteiger partial charge in [0.1, 0.15) is 0 Å². The van der Waals surface area contributed by atoms with Gasteiger partial charge in [0.15, 0.2) is 0 Å². The summed E-state index contributed by atoms with van der Waals surface area (Å²) in [4.78, 5) is 4.62. The van der Waals surface area contributed by atoms with Crippen LogP contribution < -0.4 is 0 Å². The quantitative estimate of drug-likeness (QED) is 0.812. The minimum Gasteiger partial charge on any atom is -0.339 e. The van der Waals surface area contributed by atoms with Crippen molar-refractivity contribution in [3.05, 3.63) is 29.7 Å². The summed E-state index contributed by atoms with van der Waals surface area (Å²) >= 11 is 0. The molecule has 0 amide bonds. The summed E-state index contributed by atoms with van der Waals surface area (Å²) in [6.07, 6.45) is 5.88. The van der Waals surface area contributed by atoms with Gasteiger partial charge in [-0.25, -0.2) is 8.42 Å². The van der Waals surface area contributed by atoms with E-state index in [4.69, 9.17) is 4.52 Å². The van der Waals surface area contributed by atoms with Gasteiger partial charge >= 0.3 is 0 Å². The van der Waals surface area contributed by atoms with Crippen molar-refractivity contribution >= 4 is 10.0 Å². The van der Waals surface area contributed by atoms with E-state index < -0.39 is 10.0 Å². The first-order chi connectivity index (χ1) is 11.9. The summed E-state index contributed by atoms with van der Waals surface area (Å²) < 4.78 is 33.0. The number of rotatable bonds is 5. The molecule has 1 saturated carbocycles. The molecule has 136 valence electrons. The Morgan fingerprint density at radius 3 is 2.60 bits per heavy atom. The molecule has 6 nitrogen and oxygen atoms in total. The Labute approximate surface area is 149 Å². The topological polar surface area (TPSA) is 76.3 Å². The van der Waals surface area contributed by atoms with Gasteiger partial charge in [-0.05, 0) is 31.4 Å². The molecule has 0 radical (unpaired) electrons. The van der Waals surface area contributed by atoms with Crippen LogP contribution in [0.1, 0.15) is 50.5 Å². The molecule has 1 aliphatic carbocycles. The van der Waals surface area contributed by atoms with E-state index in [1.807, 2.05) is 19.9 Å². The van der Waals surface area contributed by atoms with Gasteiger partial charge < -0.3 is 4.52 Å². The van der Waals surface area contributed by atoms with Crippen LogP contribution in [-0.4, -0.2) is 36.0 Å². The lowest BCUT2D eigenvalue weighted by Gasteiger charge is -2.30. The second-order valence-corrected chi connectivity index (χ2v) is 8.62. The van der Waals surface area contributed by atoms with Gasteiger partial charge in [0.2, 0.25) is 21.7 Å². The average Bonchev–Trinajstić information content (AvgIpc) is 3.11. The van der Waals surface area contributed by atoms with Crippen LogP contribution in [0.25, 0.3) is 11.4 Å². The molecule has 3 rings (SSSR count). The smallest absolute Gasteiger partial charge is 0.243 e. The second kappa shape index (κ2) is 7.25. The van der Waals surface area contributed by atoms with Gasteiger partial charge in [-0.2, -0.15) is 9.29 Å². The zero-order valence-corrected chi connectivity index (χ0v) is 15.8. The van der Waals surface area contributed by atoms with Crippen molar-refractivity contribution in [2.45, 2.75) is 63.3 Å². The standard InChI is InChI=1S/C18H25N3O3S/c1-4-17-19-18(20-24-17)14-11-10-13(2)16(12-14)25(22,23)21(3)15-8-6-5-7-9-15/h10-12,15H,4-9H2,1-3H3. The number of sulfonamides is 1. The van der Waals surface area contributed by atoms with Crippen LogP contribution in [0.2, 0.25) is 0 Å². The van der Waals surface area contributed by atoms with Crippen LogP contribution in [0, 0.1) is 6.92 Å². The van der Waals surface area contributed by atoms with E-state index in [9.17, 15) is 8.42 Å². The van der Waals surface area contributed by atoms with Crippen LogP contribution in [-0.2, 0) is 16.4 Å². The summed E-state index contributed by atoms with van der Waals surface area (Å²) in [5, 5.41) is 3.95. The largest absolute Gasteiger partial charge is 0.339 e. The molecule has 1 aliphatic rings. The maximum Gasteiger partial charge on any atom is 0.243 e. The van der Waals surface area contributed by atoms with E-state index >= 15 is 0 Å². The van der Waals surface area contributed by atoms with Crippen LogP contribution in [0.3, 0.4) is 0 Å². The molecule has 0 aliphatic heterocycles. The second-order valence-electron chi connectivity index (χ2n) is 6.66. The molecule has 0 saturated heterocycles. The Hall–Kier alpha value is -1.73. The number of hydrogen-bond acceptors (Lipinski definition) is 5. The Kier molecular flexibility index (Phi) is 5.24. The molecule has 25 heavy (non-hydrogen) atoms. The fourth-order valence-electron chi connectivity index (χ4n) is 3.33. The Morgan fingerprint density at radius 1 is 1.24 bits per heavy atom. The van der Waals surface area contributed by atoms with E-state index in [0.717, 1.165) is 31.2 Å². The fourth-order valence-corrected chi connectivity index (χ4v) is 4.99. The lowest BCUT2D eigenvalue weighted by atomic mass is 9.96. The number of aromatic nitrogens is 2. The first kappa shape index (κ1) is 18.1. The highest BCUT2D eigenvalue weighted by Gasteiger charge is 2.30. The molecule has 0 atom stereocenters. The van der Waals surface area contributed by atoms with Crippen molar-refractivity contribution in [1.29, 1.82) is 0 Å². The normalized spacial score (nSPS) is 16.5. The molecule has 7 heteroatoms. The third kappa shape index (κ3) is 3.62. The van der Waals surface area contributed by atoms with Gasteiger partial charge in [0.25, 0.3) is 0 Å². The van der Waals surface area contributed by atoms with Crippen LogP contribution in [0.15, 0.2) is 27.6 Å². The maximum absolute atomic E-state index is 13.2. The molecule has 0 N–H and O–H groups in total. The Morgan fingerprint density at radius 2 is 1.96 bits per heavy atom. The first-order valence-electron chi connectivity index (χ1n) is 8.85. The highest BCUT2D eigenvalue weighted by molar-refractivity contribution is 7.89. The third-order valence-electron chi connectivity index (χ3n) is 4.96. The minimum atomic E-state index is -3.55. The average molecular weight is 363 g/mol. The predicted molar refractivity (Wildman–Crippen MR) is 95.7 cm³/mol. The van der Waals surface area contributed by atoms with E-state index in [1.165, 1.54) is 6.42 Å². The first-order valence-corrected chi connectivity index (χ1v) is 10.3. The van der Waals surface area contributed by atoms with Crippen molar-refractivity contribution in [3.63, 3.8) is 0 Å². The van der Waals surface area contributed by atoms with Gasteiger partial charge in [-0.15, -0.1) is 0 Å². The monoisotopic (exact) mass is 363 g/mol. The lowest BCUT2D eigenvalue weighted by molar-refractivity contribution is 0.285. The SMILES string of the molecule is CCc1nc(-c2ccc(C)c(S(=O)(=O)N(C)C3CCCCC3)c2)no1. The Bertz CT molecular complexity index is 839. The van der Waals surface area contributed by atoms with Crippen LogP contribution in [0.4, 0.5) is 0 Å². The van der Waals surface area contributed by atoms with Gasteiger partial charge in [0, 0.05) is 25.1 Å². The van der Waals surface area contributed by atoms with E-state index in [-0.39, 0.29) is 6.04 Å².